The molecule has 2 aliphatic rings. The molecule has 2 fully saturated rings. The van der Waals surface area contributed by atoms with E-state index in [1.54, 1.807) is 7.05 Å². The zero-order valence-corrected chi connectivity index (χ0v) is 12.1. The van der Waals surface area contributed by atoms with Crippen molar-refractivity contribution in [3.05, 3.63) is 0 Å². The summed E-state index contributed by atoms with van der Waals surface area (Å²) in [6, 6.07) is 0.100. The van der Waals surface area contributed by atoms with Crippen LogP contribution in [-0.2, 0) is 9.59 Å². The van der Waals surface area contributed by atoms with Gasteiger partial charge in [0.05, 0.1) is 12.6 Å². The highest BCUT2D eigenvalue weighted by atomic mass is 16.2. The van der Waals surface area contributed by atoms with Crippen LogP contribution in [0.3, 0.4) is 0 Å². The van der Waals surface area contributed by atoms with Gasteiger partial charge in [-0.05, 0) is 38.8 Å². The molecule has 2 heterocycles. The number of amides is 2. The third kappa shape index (κ3) is 3.79. The highest BCUT2D eigenvalue weighted by Gasteiger charge is 2.28. The first-order valence-electron chi connectivity index (χ1n) is 7.42. The molecular formula is C14H24N4O2. The van der Waals surface area contributed by atoms with E-state index < -0.39 is 0 Å². The zero-order chi connectivity index (χ0) is 14.4. The second kappa shape index (κ2) is 7.38. The number of nitrogens with zero attached hydrogens (tertiary/aromatic N) is 2. The van der Waals surface area contributed by atoms with Crippen molar-refractivity contribution in [1.29, 1.82) is 0 Å². The first-order chi connectivity index (χ1) is 9.72. The number of piperidine rings is 1. The number of likely N-dealkylation sites (tertiary alicyclic amines) is 1. The van der Waals surface area contributed by atoms with Crippen molar-refractivity contribution in [3.63, 3.8) is 0 Å². The molecule has 1 unspecified atom stereocenters. The van der Waals surface area contributed by atoms with Gasteiger partial charge in [-0.25, -0.2) is 0 Å². The van der Waals surface area contributed by atoms with Gasteiger partial charge in [-0.2, -0.15) is 0 Å². The van der Waals surface area contributed by atoms with Crippen LogP contribution in [0.1, 0.15) is 25.7 Å². The number of carbonyl (C=O) groups is 2. The Balaban J connectivity index is 1.78. The van der Waals surface area contributed by atoms with Gasteiger partial charge in [0, 0.05) is 25.7 Å². The smallest absolute Gasteiger partial charge is 0.242 e. The Kier molecular flexibility index (Phi) is 5.52. The van der Waals surface area contributed by atoms with E-state index in [1.807, 2.05) is 11.1 Å². The lowest BCUT2D eigenvalue weighted by molar-refractivity contribution is -0.134. The minimum absolute atomic E-state index is 0.00492. The van der Waals surface area contributed by atoms with Crippen molar-refractivity contribution in [2.24, 2.45) is 10.9 Å². The van der Waals surface area contributed by atoms with Crippen LogP contribution in [0.4, 0.5) is 0 Å². The van der Waals surface area contributed by atoms with E-state index >= 15 is 0 Å². The summed E-state index contributed by atoms with van der Waals surface area (Å²) in [7, 11) is 1.72. The lowest BCUT2D eigenvalue weighted by Crippen LogP contribution is -2.45. The normalized spacial score (nSPS) is 24.2. The minimum Gasteiger partial charge on any atom is -0.347 e. The molecule has 2 rings (SSSR count). The summed E-state index contributed by atoms with van der Waals surface area (Å²) in [5.41, 5.74) is 0. The molecule has 2 aliphatic heterocycles. The average Bonchev–Trinajstić information content (AvgIpc) is 2.94. The monoisotopic (exact) mass is 280 g/mol. The SMILES string of the molecule is CN=CC1CCCN1C(=O)CNC(=O)C1CCNCC1. The molecule has 0 aliphatic carbocycles. The molecule has 6 nitrogen and oxygen atoms in total. The molecule has 1 atom stereocenters. The highest BCUT2D eigenvalue weighted by molar-refractivity contribution is 5.87. The van der Waals surface area contributed by atoms with Crippen molar-refractivity contribution in [3.8, 4) is 0 Å². The van der Waals surface area contributed by atoms with Gasteiger partial charge in [0.25, 0.3) is 0 Å². The molecule has 0 radical (unpaired) electrons. The maximum atomic E-state index is 12.2. The molecule has 0 bridgehead atoms. The second-order valence-electron chi connectivity index (χ2n) is 5.45. The predicted molar refractivity (Wildman–Crippen MR) is 77.8 cm³/mol. The molecule has 20 heavy (non-hydrogen) atoms. The fourth-order valence-corrected chi connectivity index (χ4v) is 2.92. The van der Waals surface area contributed by atoms with E-state index in [2.05, 4.69) is 15.6 Å². The average molecular weight is 280 g/mol. The lowest BCUT2D eigenvalue weighted by atomic mass is 9.97. The van der Waals surface area contributed by atoms with Crippen LogP contribution in [0, 0.1) is 5.92 Å². The van der Waals surface area contributed by atoms with Gasteiger partial charge >= 0.3 is 0 Å². The third-order valence-corrected chi connectivity index (χ3v) is 4.06. The Bertz CT molecular complexity index is 377. The van der Waals surface area contributed by atoms with Crippen molar-refractivity contribution in [2.45, 2.75) is 31.7 Å². The standard InChI is InChI=1S/C14H24N4O2/c1-15-9-12-3-2-8-18(12)13(19)10-17-14(20)11-4-6-16-7-5-11/h9,11-12,16H,2-8,10H2,1H3,(H,17,20). The van der Waals surface area contributed by atoms with Crippen LogP contribution in [0.5, 0.6) is 0 Å². The summed E-state index contributed by atoms with van der Waals surface area (Å²) >= 11 is 0. The third-order valence-electron chi connectivity index (χ3n) is 4.06. The van der Waals surface area contributed by atoms with Crippen LogP contribution in [0.25, 0.3) is 0 Å². The fraction of sp³-hybridized carbons (Fsp3) is 0.786. The Labute approximate surface area is 120 Å². The Hall–Kier alpha value is -1.43. The maximum Gasteiger partial charge on any atom is 0.242 e. The van der Waals surface area contributed by atoms with E-state index in [1.165, 1.54) is 0 Å². The summed E-state index contributed by atoms with van der Waals surface area (Å²) in [4.78, 5) is 30.0. The Morgan fingerprint density at radius 3 is 2.80 bits per heavy atom. The van der Waals surface area contributed by atoms with Crippen LogP contribution in [-0.4, -0.2) is 62.2 Å². The summed E-state index contributed by atoms with van der Waals surface area (Å²) in [6.45, 7) is 2.63. The minimum atomic E-state index is -0.00492. The van der Waals surface area contributed by atoms with Crippen molar-refractivity contribution in [2.75, 3.05) is 33.2 Å². The molecule has 2 N–H and O–H groups in total. The molecule has 2 amide bonds. The van der Waals surface area contributed by atoms with Crippen LogP contribution in [0.2, 0.25) is 0 Å². The molecule has 112 valence electrons. The van der Waals surface area contributed by atoms with Crippen molar-refractivity contribution < 1.29 is 9.59 Å². The highest BCUT2D eigenvalue weighted by Crippen LogP contribution is 2.16. The van der Waals surface area contributed by atoms with Crippen molar-refractivity contribution in [1.82, 2.24) is 15.5 Å². The number of nitrogens with one attached hydrogen (secondary N) is 2. The number of hydrogen-bond acceptors (Lipinski definition) is 4. The van der Waals surface area contributed by atoms with E-state index in [4.69, 9.17) is 0 Å². The molecule has 6 heteroatoms. The van der Waals surface area contributed by atoms with E-state index in [0.717, 1.165) is 45.3 Å². The maximum absolute atomic E-state index is 12.2. The quantitative estimate of drug-likeness (QED) is 0.700. The number of hydrogen-bond donors (Lipinski definition) is 2. The van der Waals surface area contributed by atoms with Gasteiger partial charge in [0.15, 0.2) is 0 Å². The predicted octanol–water partition coefficient (Wildman–Crippen LogP) is -0.206. The first kappa shape index (κ1) is 15.0. The van der Waals surface area contributed by atoms with Gasteiger partial charge in [0.1, 0.15) is 0 Å². The Morgan fingerprint density at radius 1 is 1.35 bits per heavy atom. The second-order valence-corrected chi connectivity index (χ2v) is 5.45. The van der Waals surface area contributed by atoms with Gasteiger partial charge < -0.3 is 15.5 Å². The van der Waals surface area contributed by atoms with E-state index in [0.29, 0.717) is 0 Å². The topological polar surface area (TPSA) is 73.8 Å². The van der Waals surface area contributed by atoms with Crippen LogP contribution >= 0.6 is 0 Å². The van der Waals surface area contributed by atoms with E-state index in [-0.39, 0.29) is 30.3 Å². The molecule has 0 aromatic rings. The van der Waals surface area contributed by atoms with Crippen LogP contribution < -0.4 is 10.6 Å². The fourth-order valence-electron chi connectivity index (χ4n) is 2.92. The van der Waals surface area contributed by atoms with Gasteiger partial charge in [-0.1, -0.05) is 0 Å². The summed E-state index contributed by atoms with van der Waals surface area (Å²) < 4.78 is 0. The van der Waals surface area contributed by atoms with Crippen LogP contribution in [0.15, 0.2) is 4.99 Å². The zero-order valence-electron chi connectivity index (χ0n) is 12.1. The van der Waals surface area contributed by atoms with E-state index in [9.17, 15) is 9.59 Å². The van der Waals surface area contributed by atoms with Gasteiger partial charge in [-0.3, -0.25) is 14.6 Å². The number of rotatable bonds is 4. The lowest BCUT2D eigenvalue weighted by Gasteiger charge is -2.24. The van der Waals surface area contributed by atoms with Gasteiger partial charge in [-0.15, -0.1) is 0 Å². The van der Waals surface area contributed by atoms with Gasteiger partial charge in [0.2, 0.25) is 11.8 Å². The largest absolute Gasteiger partial charge is 0.347 e. The molecule has 2 saturated heterocycles. The molecule has 0 saturated carbocycles. The molecule has 0 aromatic heterocycles. The first-order valence-corrected chi connectivity index (χ1v) is 7.42. The molecule has 0 aromatic carbocycles. The molecule has 0 spiro atoms. The van der Waals surface area contributed by atoms with Crippen molar-refractivity contribution >= 4 is 18.0 Å². The number of aliphatic imine (C=N–C) groups is 1. The summed E-state index contributed by atoms with van der Waals surface area (Å²) in [6.07, 6.45) is 5.50. The summed E-state index contributed by atoms with van der Waals surface area (Å²) in [5, 5.41) is 6.02. The molecular weight excluding hydrogens is 256 g/mol. The number of carbonyl (C=O) groups excluding carboxylic acids is 2. The summed E-state index contributed by atoms with van der Waals surface area (Å²) in [5.74, 6) is 0.0602. The Morgan fingerprint density at radius 2 is 2.10 bits per heavy atom.